The molecule has 0 aromatic heterocycles. The van der Waals surface area contributed by atoms with Crippen LogP contribution in [0.4, 0.5) is 0 Å². The zero-order valence-corrected chi connectivity index (χ0v) is 7.76. The third kappa shape index (κ3) is 2.05. The molecule has 0 aliphatic heterocycles. The van der Waals surface area contributed by atoms with Gasteiger partial charge < -0.3 is 0 Å². The van der Waals surface area contributed by atoms with Gasteiger partial charge in [0.05, 0.1) is 0 Å². The average Bonchev–Trinajstić information content (AvgIpc) is 2.82. The maximum Gasteiger partial charge on any atom is 0.138 e. The summed E-state index contributed by atoms with van der Waals surface area (Å²) in [5.74, 6) is 1.84. The van der Waals surface area contributed by atoms with Crippen LogP contribution in [0.25, 0.3) is 0 Å². The largest absolute Gasteiger partial charge is 0.299 e. The van der Waals surface area contributed by atoms with Gasteiger partial charge in [0.25, 0.3) is 0 Å². The van der Waals surface area contributed by atoms with Gasteiger partial charge in [-0.25, -0.2) is 0 Å². The van der Waals surface area contributed by atoms with E-state index in [1.807, 2.05) is 6.92 Å². The third-order valence-electron chi connectivity index (χ3n) is 2.88. The average molecular weight is 154 g/mol. The van der Waals surface area contributed by atoms with Gasteiger partial charge in [-0.05, 0) is 25.2 Å². The van der Waals surface area contributed by atoms with E-state index in [2.05, 4.69) is 13.8 Å². The summed E-state index contributed by atoms with van der Waals surface area (Å²) in [5, 5.41) is 0. The Morgan fingerprint density at radius 1 is 1.45 bits per heavy atom. The number of carbonyl (C=O) groups is 1. The van der Waals surface area contributed by atoms with Gasteiger partial charge in [-0.15, -0.1) is 0 Å². The quantitative estimate of drug-likeness (QED) is 0.608. The van der Waals surface area contributed by atoms with E-state index >= 15 is 0 Å². The summed E-state index contributed by atoms with van der Waals surface area (Å²) in [7, 11) is 0. The van der Waals surface area contributed by atoms with E-state index in [4.69, 9.17) is 0 Å². The first kappa shape index (κ1) is 8.76. The Kier molecular flexibility index (Phi) is 2.69. The van der Waals surface area contributed by atoms with Gasteiger partial charge in [0.15, 0.2) is 0 Å². The normalized spacial score (nSPS) is 22.8. The standard InChI is InChI=1S/C10H18O/c1-4-7(2)10(11)8(3)9-5-6-9/h7-9H,4-6H2,1-3H3. The minimum absolute atomic E-state index is 0.283. The van der Waals surface area contributed by atoms with E-state index in [0.29, 0.717) is 11.7 Å². The second-order valence-corrected chi connectivity index (χ2v) is 3.84. The maximum atomic E-state index is 11.6. The second kappa shape index (κ2) is 3.38. The van der Waals surface area contributed by atoms with Crippen molar-refractivity contribution < 1.29 is 4.79 Å². The number of hydrogen-bond donors (Lipinski definition) is 0. The van der Waals surface area contributed by atoms with E-state index in [9.17, 15) is 4.79 Å². The highest BCUT2D eigenvalue weighted by Gasteiger charge is 2.33. The highest BCUT2D eigenvalue weighted by atomic mass is 16.1. The smallest absolute Gasteiger partial charge is 0.138 e. The van der Waals surface area contributed by atoms with Crippen LogP contribution in [0.15, 0.2) is 0 Å². The first-order valence-corrected chi connectivity index (χ1v) is 4.70. The number of rotatable bonds is 4. The molecule has 2 unspecified atom stereocenters. The first-order chi connectivity index (χ1) is 5.16. The fourth-order valence-corrected chi connectivity index (χ4v) is 1.48. The minimum Gasteiger partial charge on any atom is -0.299 e. The molecule has 64 valence electrons. The van der Waals surface area contributed by atoms with Crippen LogP contribution in [0.5, 0.6) is 0 Å². The number of ketones is 1. The molecule has 0 heterocycles. The van der Waals surface area contributed by atoms with Gasteiger partial charge in [-0.1, -0.05) is 20.8 Å². The summed E-state index contributed by atoms with van der Waals surface area (Å²) in [5.41, 5.74) is 0. The molecule has 0 aromatic carbocycles. The van der Waals surface area contributed by atoms with Crippen LogP contribution in [0.1, 0.15) is 40.0 Å². The van der Waals surface area contributed by atoms with E-state index in [-0.39, 0.29) is 5.92 Å². The molecule has 1 saturated carbocycles. The van der Waals surface area contributed by atoms with Crippen molar-refractivity contribution in [3.05, 3.63) is 0 Å². The van der Waals surface area contributed by atoms with Gasteiger partial charge in [-0.2, -0.15) is 0 Å². The van der Waals surface area contributed by atoms with E-state index in [1.54, 1.807) is 0 Å². The Morgan fingerprint density at radius 2 is 2.00 bits per heavy atom. The van der Waals surface area contributed by atoms with E-state index < -0.39 is 0 Å². The highest BCUT2D eigenvalue weighted by Crippen LogP contribution is 2.38. The topological polar surface area (TPSA) is 17.1 Å². The SMILES string of the molecule is CCC(C)C(=O)C(C)C1CC1. The summed E-state index contributed by atoms with van der Waals surface area (Å²) < 4.78 is 0. The number of Topliss-reactive ketones (excluding diaryl/α,β-unsaturated/α-hetero) is 1. The fourth-order valence-electron chi connectivity index (χ4n) is 1.48. The van der Waals surface area contributed by atoms with Gasteiger partial charge in [0, 0.05) is 11.8 Å². The predicted molar refractivity (Wildman–Crippen MR) is 46.4 cm³/mol. The Labute approximate surface area is 69.2 Å². The Balaban J connectivity index is 2.38. The molecule has 2 atom stereocenters. The van der Waals surface area contributed by atoms with Crippen molar-refractivity contribution in [2.75, 3.05) is 0 Å². The van der Waals surface area contributed by atoms with Crippen LogP contribution < -0.4 is 0 Å². The summed E-state index contributed by atoms with van der Waals surface area (Å²) in [6, 6.07) is 0. The second-order valence-electron chi connectivity index (χ2n) is 3.84. The molecule has 0 bridgehead atoms. The van der Waals surface area contributed by atoms with E-state index in [0.717, 1.165) is 12.3 Å². The van der Waals surface area contributed by atoms with Crippen LogP contribution in [0.2, 0.25) is 0 Å². The van der Waals surface area contributed by atoms with Crippen molar-refractivity contribution in [3.8, 4) is 0 Å². The van der Waals surface area contributed by atoms with Crippen LogP contribution in [0.3, 0.4) is 0 Å². The van der Waals surface area contributed by atoms with Crippen LogP contribution >= 0.6 is 0 Å². The predicted octanol–water partition coefficient (Wildman–Crippen LogP) is 2.65. The summed E-state index contributed by atoms with van der Waals surface area (Å²) in [6.45, 7) is 6.22. The molecule has 0 N–H and O–H groups in total. The zero-order chi connectivity index (χ0) is 8.43. The molecule has 1 rings (SSSR count). The molecule has 0 radical (unpaired) electrons. The molecule has 0 saturated heterocycles. The van der Waals surface area contributed by atoms with Gasteiger partial charge >= 0.3 is 0 Å². The molecular weight excluding hydrogens is 136 g/mol. The van der Waals surface area contributed by atoms with Crippen molar-refractivity contribution in [3.63, 3.8) is 0 Å². The molecule has 0 spiro atoms. The number of carbonyl (C=O) groups excluding carboxylic acids is 1. The van der Waals surface area contributed by atoms with Crippen molar-refractivity contribution in [1.29, 1.82) is 0 Å². The molecule has 11 heavy (non-hydrogen) atoms. The molecule has 1 heteroatoms. The van der Waals surface area contributed by atoms with Crippen LogP contribution in [0, 0.1) is 17.8 Å². The summed E-state index contributed by atoms with van der Waals surface area (Å²) in [6.07, 6.45) is 3.56. The lowest BCUT2D eigenvalue weighted by Crippen LogP contribution is -2.20. The summed E-state index contributed by atoms with van der Waals surface area (Å²) >= 11 is 0. The molecule has 1 fully saturated rings. The first-order valence-electron chi connectivity index (χ1n) is 4.70. The molecule has 0 amide bonds. The number of hydrogen-bond acceptors (Lipinski definition) is 1. The molecular formula is C10H18O. The molecule has 1 nitrogen and oxygen atoms in total. The lowest BCUT2D eigenvalue weighted by molar-refractivity contribution is -0.126. The Hall–Kier alpha value is -0.330. The van der Waals surface area contributed by atoms with Gasteiger partial charge in [-0.3, -0.25) is 4.79 Å². The minimum atomic E-state index is 0.283. The van der Waals surface area contributed by atoms with Crippen LogP contribution in [-0.2, 0) is 4.79 Å². The van der Waals surface area contributed by atoms with Crippen molar-refractivity contribution in [2.24, 2.45) is 17.8 Å². The molecule has 1 aliphatic rings. The lowest BCUT2D eigenvalue weighted by atomic mass is 9.90. The van der Waals surface area contributed by atoms with E-state index in [1.165, 1.54) is 12.8 Å². The third-order valence-corrected chi connectivity index (χ3v) is 2.88. The van der Waals surface area contributed by atoms with Crippen molar-refractivity contribution >= 4 is 5.78 Å². The fraction of sp³-hybridized carbons (Fsp3) is 0.900. The molecule has 1 aliphatic carbocycles. The summed E-state index contributed by atoms with van der Waals surface area (Å²) in [4.78, 5) is 11.6. The maximum absolute atomic E-state index is 11.6. The van der Waals surface area contributed by atoms with Crippen molar-refractivity contribution in [1.82, 2.24) is 0 Å². The highest BCUT2D eigenvalue weighted by molar-refractivity contribution is 5.83. The Morgan fingerprint density at radius 3 is 2.36 bits per heavy atom. The Bertz CT molecular complexity index is 147. The van der Waals surface area contributed by atoms with Gasteiger partial charge in [0.2, 0.25) is 0 Å². The van der Waals surface area contributed by atoms with Gasteiger partial charge in [0.1, 0.15) is 5.78 Å². The zero-order valence-electron chi connectivity index (χ0n) is 7.76. The van der Waals surface area contributed by atoms with Crippen molar-refractivity contribution in [2.45, 2.75) is 40.0 Å². The lowest BCUT2D eigenvalue weighted by Gasteiger charge is -2.13. The van der Waals surface area contributed by atoms with Crippen LogP contribution in [-0.4, -0.2) is 5.78 Å². The monoisotopic (exact) mass is 154 g/mol. The molecule has 0 aromatic rings.